The van der Waals surface area contributed by atoms with Crippen molar-refractivity contribution in [1.29, 1.82) is 0 Å². The fourth-order valence-electron chi connectivity index (χ4n) is 1.45. The molecule has 19 heavy (non-hydrogen) atoms. The van der Waals surface area contributed by atoms with Gasteiger partial charge in [0.05, 0.1) is 5.02 Å². The molecule has 0 bridgehead atoms. The number of ether oxygens (including phenoxy) is 1. The van der Waals surface area contributed by atoms with Crippen molar-refractivity contribution in [3.8, 4) is 5.75 Å². The van der Waals surface area contributed by atoms with Gasteiger partial charge in [-0.3, -0.25) is 4.79 Å². The van der Waals surface area contributed by atoms with E-state index in [1.807, 2.05) is 12.1 Å². The lowest BCUT2D eigenvalue weighted by Crippen LogP contribution is -2.11. The first kappa shape index (κ1) is 14.6. The van der Waals surface area contributed by atoms with Crippen molar-refractivity contribution in [2.75, 3.05) is 6.61 Å². The Morgan fingerprint density at radius 3 is 2.47 bits per heavy atom. The Kier molecular flexibility index (Phi) is 5.07. The Morgan fingerprint density at radius 1 is 1.11 bits per heavy atom. The minimum absolute atomic E-state index is 0.0688. The van der Waals surface area contributed by atoms with Gasteiger partial charge in [-0.1, -0.05) is 35.3 Å². The monoisotopic (exact) mass is 406 g/mol. The van der Waals surface area contributed by atoms with Gasteiger partial charge in [0.25, 0.3) is 0 Å². The molecule has 2 rings (SSSR count). The number of Topliss-reactive ketones (excluding diaryl/α,β-unsaturated/α-hetero) is 1. The van der Waals surface area contributed by atoms with E-state index in [1.165, 1.54) is 0 Å². The van der Waals surface area contributed by atoms with Crippen molar-refractivity contribution in [2.45, 2.75) is 0 Å². The highest BCUT2D eigenvalue weighted by Crippen LogP contribution is 2.27. The van der Waals surface area contributed by atoms with Crippen LogP contribution in [0.5, 0.6) is 5.75 Å². The van der Waals surface area contributed by atoms with Crippen LogP contribution in [0.15, 0.2) is 42.5 Å². The summed E-state index contributed by atoms with van der Waals surface area (Å²) in [5.41, 5.74) is 0.610. The molecule has 2 nitrogen and oxygen atoms in total. The van der Waals surface area contributed by atoms with Gasteiger partial charge in [-0.05, 0) is 46.9 Å². The van der Waals surface area contributed by atoms with Crippen molar-refractivity contribution in [2.24, 2.45) is 0 Å². The Morgan fingerprint density at radius 2 is 1.79 bits per heavy atom. The minimum atomic E-state index is -0.104. The molecule has 2 aromatic rings. The standard InChI is InChI=1S/C14H9Cl2IO2/c15-10-3-6-12(16)14(7-10)19-8-13(18)9-1-4-11(17)5-2-9/h1-7H,8H2. The van der Waals surface area contributed by atoms with Crippen molar-refractivity contribution < 1.29 is 9.53 Å². The number of halogens is 3. The molecule has 0 fully saturated rings. The van der Waals surface area contributed by atoms with Crippen LogP contribution >= 0.6 is 45.8 Å². The SMILES string of the molecule is O=C(COc1cc(Cl)ccc1Cl)c1ccc(I)cc1. The van der Waals surface area contributed by atoms with E-state index < -0.39 is 0 Å². The largest absolute Gasteiger partial charge is 0.484 e. The Balaban J connectivity index is 2.04. The topological polar surface area (TPSA) is 26.3 Å². The third-order valence-corrected chi connectivity index (χ3v) is 3.68. The van der Waals surface area contributed by atoms with E-state index in [-0.39, 0.29) is 12.4 Å². The van der Waals surface area contributed by atoms with Crippen LogP contribution in [-0.4, -0.2) is 12.4 Å². The molecular formula is C14H9Cl2IO2. The van der Waals surface area contributed by atoms with Gasteiger partial charge >= 0.3 is 0 Å². The van der Waals surface area contributed by atoms with Crippen molar-refractivity contribution >= 4 is 51.6 Å². The molecule has 98 valence electrons. The fraction of sp³-hybridized carbons (Fsp3) is 0.0714. The second-order valence-electron chi connectivity index (χ2n) is 3.79. The molecule has 0 N–H and O–H groups in total. The number of hydrogen-bond donors (Lipinski definition) is 0. The lowest BCUT2D eigenvalue weighted by atomic mass is 10.1. The smallest absolute Gasteiger partial charge is 0.200 e. The molecule has 0 amide bonds. The molecule has 0 radical (unpaired) electrons. The van der Waals surface area contributed by atoms with Gasteiger partial charge in [0.2, 0.25) is 0 Å². The molecule has 5 heteroatoms. The number of hydrogen-bond acceptors (Lipinski definition) is 2. The maximum Gasteiger partial charge on any atom is 0.200 e. The van der Waals surface area contributed by atoms with Gasteiger partial charge in [0.15, 0.2) is 12.4 Å². The van der Waals surface area contributed by atoms with E-state index in [0.717, 1.165) is 3.57 Å². The number of benzene rings is 2. The van der Waals surface area contributed by atoms with E-state index in [4.69, 9.17) is 27.9 Å². The lowest BCUT2D eigenvalue weighted by Gasteiger charge is -2.07. The summed E-state index contributed by atoms with van der Waals surface area (Å²) in [6, 6.07) is 12.2. The third-order valence-electron chi connectivity index (χ3n) is 2.42. The average molecular weight is 407 g/mol. The number of ketones is 1. The maximum absolute atomic E-state index is 11.9. The molecule has 0 spiro atoms. The number of rotatable bonds is 4. The lowest BCUT2D eigenvalue weighted by molar-refractivity contribution is 0.0921. The molecule has 0 aliphatic carbocycles. The molecule has 0 saturated carbocycles. The van der Waals surface area contributed by atoms with Crippen LogP contribution in [0.3, 0.4) is 0 Å². The van der Waals surface area contributed by atoms with Gasteiger partial charge in [-0.25, -0.2) is 0 Å². The van der Waals surface area contributed by atoms with E-state index in [9.17, 15) is 4.79 Å². The average Bonchev–Trinajstić information content (AvgIpc) is 2.40. The minimum Gasteiger partial charge on any atom is -0.484 e. The van der Waals surface area contributed by atoms with Crippen LogP contribution in [0.1, 0.15) is 10.4 Å². The second kappa shape index (κ2) is 6.59. The zero-order chi connectivity index (χ0) is 13.8. The summed E-state index contributed by atoms with van der Waals surface area (Å²) < 4.78 is 6.47. The van der Waals surface area contributed by atoms with Crippen molar-refractivity contribution in [3.63, 3.8) is 0 Å². The highest BCUT2D eigenvalue weighted by atomic mass is 127. The molecule has 0 aliphatic heterocycles. The summed E-state index contributed by atoms with van der Waals surface area (Å²) in [4.78, 5) is 11.9. The van der Waals surface area contributed by atoms with E-state index in [2.05, 4.69) is 22.6 Å². The Hall–Kier alpha value is -0.780. The summed E-state index contributed by atoms with van der Waals surface area (Å²) in [6.45, 7) is -0.0688. The van der Waals surface area contributed by atoms with Gasteiger partial charge in [-0.2, -0.15) is 0 Å². The van der Waals surface area contributed by atoms with E-state index in [0.29, 0.717) is 21.4 Å². The van der Waals surface area contributed by atoms with Crippen molar-refractivity contribution in [1.82, 2.24) is 0 Å². The first-order valence-corrected chi connectivity index (χ1v) is 7.26. The normalized spacial score (nSPS) is 10.3. The molecule has 0 saturated heterocycles. The molecule has 0 aliphatic rings. The van der Waals surface area contributed by atoms with Gasteiger partial charge in [-0.15, -0.1) is 0 Å². The summed E-state index contributed by atoms with van der Waals surface area (Å²) in [5.74, 6) is 0.306. The maximum atomic E-state index is 11.9. The first-order valence-electron chi connectivity index (χ1n) is 5.43. The molecule has 0 atom stereocenters. The molecule has 0 heterocycles. The summed E-state index contributed by atoms with van der Waals surface area (Å²) in [7, 11) is 0. The van der Waals surface area contributed by atoms with E-state index in [1.54, 1.807) is 30.3 Å². The highest BCUT2D eigenvalue weighted by molar-refractivity contribution is 14.1. The molecule has 0 unspecified atom stereocenters. The molecular weight excluding hydrogens is 398 g/mol. The zero-order valence-corrected chi connectivity index (χ0v) is 13.4. The van der Waals surface area contributed by atoms with Crippen LogP contribution in [0, 0.1) is 3.57 Å². The van der Waals surface area contributed by atoms with Crippen LogP contribution in [0.2, 0.25) is 10.0 Å². The predicted octanol–water partition coefficient (Wildman–Crippen LogP) is 4.86. The summed E-state index contributed by atoms with van der Waals surface area (Å²) >= 11 is 14.0. The van der Waals surface area contributed by atoms with Gasteiger partial charge in [0.1, 0.15) is 5.75 Å². The highest BCUT2D eigenvalue weighted by Gasteiger charge is 2.09. The first-order chi connectivity index (χ1) is 9.06. The molecule has 2 aromatic carbocycles. The van der Waals surface area contributed by atoms with Crippen molar-refractivity contribution in [3.05, 3.63) is 61.6 Å². The van der Waals surface area contributed by atoms with Crippen LogP contribution in [-0.2, 0) is 0 Å². The fourth-order valence-corrected chi connectivity index (χ4v) is 2.14. The van der Waals surface area contributed by atoms with E-state index >= 15 is 0 Å². The zero-order valence-electron chi connectivity index (χ0n) is 9.70. The Bertz CT molecular complexity index is 597. The number of carbonyl (C=O) groups excluding carboxylic acids is 1. The number of carbonyl (C=O) groups is 1. The van der Waals surface area contributed by atoms with Gasteiger partial charge in [0, 0.05) is 20.2 Å². The predicted molar refractivity (Wildman–Crippen MR) is 85.4 cm³/mol. The second-order valence-corrected chi connectivity index (χ2v) is 5.88. The van der Waals surface area contributed by atoms with Crippen LogP contribution in [0.4, 0.5) is 0 Å². The Labute approximate surface area is 134 Å². The summed E-state index contributed by atoms with van der Waals surface area (Å²) in [5, 5.41) is 0.945. The van der Waals surface area contributed by atoms with Gasteiger partial charge < -0.3 is 4.74 Å². The molecule has 0 aromatic heterocycles. The third kappa shape index (κ3) is 4.09. The summed E-state index contributed by atoms with van der Waals surface area (Å²) in [6.07, 6.45) is 0. The van der Waals surface area contributed by atoms with Crippen LogP contribution < -0.4 is 4.74 Å². The van der Waals surface area contributed by atoms with Crippen LogP contribution in [0.25, 0.3) is 0 Å². The quantitative estimate of drug-likeness (QED) is 0.535.